The van der Waals surface area contributed by atoms with Crippen molar-refractivity contribution < 1.29 is 4.79 Å². The van der Waals surface area contributed by atoms with E-state index in [9.17, 15) is 4.79 Å². The molecule has 0 aromatic heterocycles. The van der Waals surface area contributed by atoms with Gasteiger partial charge in [-0.3, -0.25) is 4.79 Å². The third kappa shape index (κ3) is 4.29. The maximum absolute atomic E-state index is 11.9. The van der Waals surface area contributed by atoms with Crippen molar-refractivity contribution >= 4 is 35.0 Å². The van der Waals surface area contributed by atoms with Crippen molar-refractivity contribution in [3.63, 3.8) is 0 Å². The standard InChI is InChI=1S/C16H16ClNOS/c1-11-3-7-14(8-4-11)20-10-16(19)18-15-9-13(17)6-5-12(15)2/h3-9H,10H2,1-2H3,(H,18,19). The number of anilines is 1. The van der Waals surface area contributed by atoms with E-state index in [1.165, 1.54) is 17.3 Å². The van der Waals surface area contributed by atoms with Gasteiger partial charge in [0, 0.05) is 15.6 Å². The molecule has 0 unspecified atom stereocenters. The summed E-state index contributed by atoms with van der Waals surface area (Å²) in [6.45, 7) is 3.99. The average Bonchev–Trinajstić information content (AvgIpc) is 2.42. The summed E-state index contributed by atoms with van der Waals surface area (Å²) in [5.74, 6) is 0.357. The van der Waals surface area contributed by atoms with Crippen LogP contribution in [0.25, 0.3) is 0 Å². The molecular weight excluding hydrogens is 290 g/mol. The maximum Gasteiger partial charge on any atom is 0.234 e. The Morgan fingerprint density at radius 2 is 1.85 bits per heavy atom. The highest BCUT2D eigenvalue weighted by molar-refractivity contribution is 8.00. The molecule has 4 heteroatoms. The Labute approximate surface area is 128 Å². The number of halogens is 1. The fourth-order valence-corrected chi connectivity index (χ4v) is 2.57. The Bertz CT molecular complexity index is 610. The molecule has 0 aliphatic heterocycles. The Kier molecular flexibility index (Phi) is 5.10. The molecule has 1 amide bonds. The lowest BCUT2D eigenvalue weighted by Gasteiger charge is -2.08. The van der Waals surface area contributed by atoms with Gasteiger partial charge in [-0.15, -0.1) is 11.8 Å². The lowest BCUT2D eigenvalue weighted by molar-refractivity contribution is -0.113. The zero-order chi connectivity index (χ0) is 14.5. The van der Waals surface area contributed by atoms with Gasteiger partial charge in [0.25, 0.3) is 0 Å². The Morgan fingerprint density at radius 1 is 1.15 bits per heavy atom. The number of carbonyl (C=O) groups is 1. The van der Waals surface area contributed by atoms with Gasteiger partial charge < -0.3 is 5.32 Å². The largest absolute Gasteiger partial charge is 0.325 e. The van der Waals surface area contributed by atoms with Gasteiger partial charge in [0.1, 0.15) is 0 Å². The lowest BCUT2D eigenvalue weighted by Crippen LogP contribution is -2.14. The highest BCUT2D eigenvalue weighted by Crippen LogP contribution is 2.22. The minimum atomic E-state index is -0.0269. The van der Waals surface area contributed by atoms with E-state index in [2.05, 4.69) is 5.32 Å². The van der Waals surface area contributed by atoms with Crippen LogP contribution in [0.4, 0.5) is 5.69 Å². The van der Waals surface area contributed by atoms with E-state index in [4.69, 9.17) is 11.6 Å². The van der Waals surface area contributed by atoms with Crippen molar-refractivity contribution in [2.75, 3.05) is 11.1 Å². The SMILES string of the molecule is Cc1ccc(SCC(=O)Nc2cc(Cl)ccc2C)cc1. The molecule has 0 fully saturated rings. The van der Waals surface area contributed by atoms with E-state index < -0.39 is 0 Å². The molecule has 1 N–H and O–H groups in total. The van der Waals surface area contributed by atoms with Crippen LogP contribution in [-0.4, -0.2) is 11.7 Å². The number of nitrogens with one attached hydrogen (secondary N) is 1. The first-order valence-electron chi connectivity index (χ1n) is 6.30. The minimum Gasteiger partial charge on any atom is -0.325 e. The molecule has 0 aliphatic rings. The number of thioether (sulfide) groups is 1. The van der Waals surface area contributed by atoms with Crippen LogP contribution < -0.4 is 5.32 Å². The molecule has 2 aromatic rings. The number of amides is 1. The first-order chi connectivity index (χ1) is 9.54. The molecule has 0 radical (unpaired) electrons. The molecule has 0 saturated heterocycles. The van der Waals surface area contributed by atoms with E-state index in [0.29, 0.717) is 10.8 Å². The number of hydrogen-bond acceptors (Lipinski definition) is 2. The molecule has 0 atom stereocenters. The number of aryl methyl sites for hydroxylation is 2. The maximum atomic E-state index is 11.9. The molecule has 0 heterocycles. The van der Waals surface area contributed by atoms with Crippen LogP contribution in [0.1, 0.15) is 11.1 Å². The van der Waals surface area contributed by atoms with Crippen LogP contribution in [0.15, 0.2) is 47.4 Å². The third-order valence-electron chi connectivity index (χ3n) is 2.86. The molecule has 2 rings (SSSR count). The van der Waals surface area contributed by atoms with Gasteiger partial charge in [-0.05, 0) is 43.7 Å². The zero-order valence-electron chi connectivity index (χ0n) is 11.4. The highest BCUT2D eigenvalue weighted by atomic mass is 35.5. The topological polar surface area (TPSA) is 29.1 Å². The second-order valence-electron chi connectivity index (χ2n) is 4.61. The van der Waals surface area contributed by atoms with Crippen LogP contribution in [0.5, 0.6) is 0 Å². The van der Waals surface area contributed by atoms with Crippen molar-refractivity contribution in [1.82, 2.24) is 0 Å². The van der Waals surface area contributed by atoms with Crippen molar-refractivity contribution in [3.8, 4) is 0 Å². The molecule has 104 valence electrons. The summed E-state index contributed by atoms with van der Waals surface area (Å²) in [7, 11) is 0. The number of hydrogen-bond donors (Lipinski definition) is 1. The van der Waals surface area contributed by atoms with Gasteiger partial charge in [0.15, 0.2) is 0 Å². The van der Waals surface area contributed by atoms with Gasteiger partial charge in [0.05, 0.1) is 5.75 Å². The Balaban J connectivity index is 1.92. The molecule has 0 aliphatic carbocycles. The van der Waals surface area contributed by atoms with Crippen LogP contribution in [0, 0.1) is 13.8 Å². The lowest BCUT2D eigenvalue weighted by atomic mass is 10.2. The van der Waals surface area contributed by atoms with Crippen molar-refractivity contribution in [2.24, 2.45) is 0 Å². The van der Waals surface area contributed by atoms with Crippen LogP contribution in [-0.2, 0) is 4.79 Å². The Morgan fingerprint density at radius 3 is 2.55 bits per heavy atom. The monoisotopic (exact) mass is 305 g/mol. The van der Waals surface area contributed by atoms with Crippen LogP contribution >= 0.6 is 23.4 Å². The van der Waals surface area contributed by atoms with Gasteiger partial charge in [-0.1, -0.05) is 35.4 Å². The first kappa shape index (κ1) is 14.9. The van der Waals surface area contributed by atoms with Crippen molar-refractivity contribution in [2.45, 2.75) is 18.7 Å². The molecule has 20 heavy (non-hydrogen) atoms. The summed E-state index contributed by atoms with van der Waals surface area (Å²) in [6.07, 6.45) is 0. The molecule has 2 nitrogen and oxygen atoms in total. The summed E-state index contributed by atoms with van der Waals surface area (Å²) >= 11 is 7.45. The van der Waals surface area contributed by atoms with E-state index in [1.54, 1.807) is 6.07 Å². The van der Waals surface area contributed by atoms with Gasteiger partial charge in [-0.2, -0.15) is 0 Å². The van der Waals surface area contributed by atoms with E-state index >= 15 is 0 Å². The quantitative estimate of drug-likeness (QED) is 0.830. The third-order valence-corrected chi connectivity index (χ3v) is 4.11. The summed E-state index contributed by atoms with van der Waals surface area (Å²) in [4.78, 5) is 13.0. The van der Waals surface area contributed by atoms with E-state index in [1.807, 2.05) is 50.2 Å². The molecular formula is C16H16ClNOS. The highest BCUT2D eigenvalue weighted by Gasteiger charge is 2.06. The van der Waals surface area contributed by atoms with E-state index in [0.717, 1.165) is 16.1 Å². The smallest absolute Gasteiger partial charge is 0.234 e. The first-order valence-corrected chi connectivity index (χ1v) is 7.66. The summed E-state index contributed by atoms with van der Waals surface area (Å²) in [5.41, 5.74) is 2.99. The van der Waals surface area contributed by atoms with E-state index in [-0.39, 0.29) is 5.91 Å². The zero-order valence-corrected chi connectivity index (χ0v) is 13.0. The fraction of sp³-hybridized carbons (Fsp3) is 0.188. The normalized spacial score (nSPS) is 10.3. The fourth-order valence-electron chi connectivity index (χ4n) is 1.70. The van der Waals surface area contributed by atoms with Crippen molar-refractivity contribution in [3.05, 3.63) is 58.6 Å². The predicted octanol–water partition coefficient (Wildman–Crippen LogP) is 4.69. The van der Waals surface area contributed by atoms with Gasteiger partial charge in [-0.25, -0.2) is 0 Å². The summed E-state index contributed by atoms with van der Waals surface area (Å²) < 4.78 is 0. The minimum absolute atomic E-state index is 0.0269. The summed E-state index contributed by atoms with van der Waals surface area (Å²) in [5, 5.41) is 3.51. The van der Waals surface area contributed by atoms with Gasteiger partial charge >= 0.3 is 0 Å². The molecule has 0 bridgehead atoms. The molecule has 0 saturated carbocycles. The van der Waals surface area contributed by atoms with Crippen LogP contribution in [0.3, 0.4) is 0 Å². The number of rotatable bonds is 4. The number of benzene rings is 2. The summed E-state index contributed by atoms with van der Waals surface area (Å²) in [6, 6.07) is 13.6. The predicted molar refractivity (Wildman–Crippen MR) is 86.7 cm³/mol. The second-order valence-corrected chi connectivity index (χ2v) is 6.09. The average molecular weight is 306 g/mol. The number of carbonyl (C=O) groups excluding carboxylic acids is 1. The molecule has 0 spiro atoms. The van der Waals surface area contributed by atoms with Gasteiger partial charge in [0.2, 0.25) is 5.91 Å². The Hall–Kier alpha value is -1.45. The van der Waals surface area contributed by atoms with Crippen molar-refractivity contribution in [1.29, 1.82) is 0 Å². The van der Waals surface area contributed by atoms with Crippen LogP contribution in [0.2, 0.25) is 5.02 Å². The second kappa shape index (κ2) is 6.82. The molecule has 2 aromatic carbocycles.